The molecular weight excluding hydrogens is 285 g/mol. The maximum atomic E-state index is 12.8. The van der Waals surface area contributed by atoms with Gasteiger partial charge in [-0.3, -0.25) is 4.79 Å². The van der Waals surface area contributed by atoms with E-state index in [0.29, 0.717) is 25.9 Å². The Labute approximate surface area is 119 Å². The molecule has 0 bridgehead atoms. The van der Waals surface area contributed by atoms with Crippen LogP contribution in [0.4, 0.5) is 18.9 Å². The second-order valence-corrected chi connectivity index (χ2v) is 4.94. The van der Waals surface area contributed by atoms with Crippen LogP contribution >= 0.6 is 0 Å². The van der Waals surface area contributed by atoms with Crippen LogP contribution in [0.1, 0.15) is 24.0 Å². The Kier molecular flexibility index (Phi) is 4.07. The zero-order chi connectivity index (χ0) is 15.6. The smallest absolute Gasteiger partial charge is 0.416 e. The van der Waals surface area contributed by atoms with E-state index >= 15 is 0 Å². The standard InChI is InChI=1S/C14H13F3N2O2/c15-14(16,17)11-2-1-10(8-18)12(7-11)19-5-3-9(4-6-19)13(20)21/h1-2,7,9H,3-6H2,(H,20,21). The summed E-state index contributed by atoms with van der Waals surface area (Å²) >= 11 is 0. The van der Waals surface area contributed by atoms with E-state index in [0.717, 1.165) is 18.2 Å². The largest absolute Gasteiger partial charge is 0.481 e. The van der Waals surface area contributed by atoms with Gasteiger partial charge in [0.2, 0.25) is 0 Å². The van der Waals surface area contributed by atoms with Crippen molar-refractivity contribution in [2.75, 3.05) is 18.0 Å². The lowest BCUT2D eigenvalue weighted by Crippen LogP contribution is -2.36. The third-order valence-corrected chi connectivity index (χ3v) is 3.63. The lowest BCUT2D eigenvalue weighted by molar-refractivity contribution is -0.142. The van der Waals surface area contributed by atoms with Gasteiger partial charge in [0, 0.05) is 13.1 Å². The van der Waals surface area contributed by atoms with E-state index in [-0.39, 0.29) is 11.3 Å². The molecule has 0 saturated carbocycles. The summed E-state index contributed by atoms with van der Waals surface area (Å²) in [5.41, 5.74) is -0.426. The first kappa shape index (κ1) is 15.2. The number of alkyl halides is 3. The normalized spacial score (nSPS) is 16.6. The van der Waals surface area contributed by atoms with Gasteiger partial charge in [0.25, 0.3) is 0 Å². The lowest BCUT2D eigenvalue weighted by atomic mass is 9.96. The number of piperidine rings is 1. The molecule has 0 radical (unpaired) electrons. The minimum absolute atomic E-state index is 0.164. The highest BCUT2D eigenvalue weighted by Gasteiger charge is 2.32. The van der Waals surface area contributed by atoms with Crippen LogP contribution in [-0.2, 0) is 11.0 Å². The maximum absolute atomic E-state index is 12.8. The molecule has 0 aliphatic carbocycles. The third-order valence-electron chi connectivity index (χ3n) is 3.63. The minimum atomic E-state index is -4.47. The molecule has 1 fully saturated rings. The van der Waals surface area contributed by atoms with Gasteiger partial charge in [-0.05, 0) is 31.0 Å². The number of carboxylic acids is 1. The van der Waals surface area contributed by atoms with E-state index in [1.807, 2.05) is 6.07 Å². The molecule has 1 heterocycles. The quantitative estimate of drug-likeness (QED) is 0.912. The van der Waals surface area contributed by atoms with Gasteiger partial charge in [0.1, 0.15) is 6.07 Å². The lowest BCUT2D eigenvalue weighted by Gasteiger charge is -2.32. The van der Waals surface area contributed by atoms with Crippen molar-refractivity contribution in [3.8, 4) is 6.07 Å². The highest BCUT2D eigenvalue weighted by atomic mass is 19.4. The fourth-order valence-corrected chi connectivity index (χ4v) is 2.43. The number of anilines is 1. The fourth-order valence-electron chi connectivity index (χ4n) is 2.43. The number of rotatable bonds is 2. The first-order chi connectivity index (χ1) is 9.82. The monoisotopic (exact) mass is 298 g/mol. The SMILES string of the molecule is N#Cc1ccc(C(F)(F)F)cc1N1CCC(C(=O)O)CC1. The van der Waals surface area contributed by atoms with Crippen LogP contribution in [0.15, 0.2) is 18.2 Å². The van der Waals surface area contributed by atoms with Crippen molar-refractivity contribution < 1.29 is 23.1 Å². The molecule has 1 aliphatic heterocycles. The molecule has 112 valence electrons. The molecule has 0 atom stereocenters. The average Bonchev–Trinajstić information content (AvgIpc) is 2.45. The summed E-state index contributed by atoms with van der Waals surface area (Å²) in [6.07, 6.45) is -3.75. The molecule has 1 aliphatic rings. The number of halogens is 3. The Morgan fingerprint density at radius 1 is 1.33 bits per heavy atom. The molecule has 0 unspecified atom stereocenters. The Morgan fingerprint density at radius 2 is 1.95 bits per heavy atom. The molecule has 21 heavy (non-hydrogen) atoms. The summed E-state index contributed by atoms with van der Waals surface area (Å²) in [7, 11) is 0. The van der Waals surface area contributed by atoms with Gasteiger partial charge in [-0.2, -0.15) is 18.4 Å². The van der Waals surface area contributed by atoms with Gasteiger partial charge < -0.3 is 10.0 Å². The summed E-state index contributed by atoms with van der Waals surface area (Å²) < 4.78 is 38.3. The van der Waals surface area contributed by atoms with Gasteiger partial charge in [0.15, 0.2) is 0 Å². The molecule has 1 aromatic carbocycles. The van der Waals surface area contributed by atoms with Gasteiger partial charge >= 0.3 is 12.1 Å². The number of benzene rings is 1. The van der Waals surface area contributed by atoms with Crippen molar-refractivity contribution in [2.24, 2.45) is 5.92 Å². The molecule has 0 amide bonds. The topological polar surface area (TPSA) is 64.3 Å². The van der Waals surface area contributed by atoms with Crippen molar-refractivity contribution in [1.29, 1.82) is 5.26 Å². The van der Waals surface area contributed by atoms with E-state index in [1.54, 1.807) is 4.90 Å². The summed E-state index contributed by atoms with van der Waals surface area (Å²) in [5.74, 6) is -1.36. The summed E-state index contributed by atoms with van der Waals surface area (Å²) in [6, 6.07) is 4.87. The Balaban J connectivity index is 2.27. The molecule has 4 nitrogen and oxygen atoms in total. The summed E-state index contributed by atoms with van der Waals surface area (Å²) in [5, 5.41) is 18.0. The van der Waals surface area contributed by atoms with E-state index in [4.69, 9.17) is 10.4 Å². The zero-order valence-corrected chi connectivity index (χ0v) is 11.0. The predicted octanol–water partition coefficient (Wildman–Crippen LogP) is 2.88. The van der Waals surface area contributed by atoms with Crippen LogP contribution in [0.2, 0.25) is 0 Å². The van der Waals surface area contributed by atoms with Crippen LogP contribution in [0, 0.1) is 17.2 Å². The van der Waals surface area contributed by atoms with E-state index < -0.39 is 23.6 Å². The second kappa shape index (κ2) is 5.64. The van der Waals surface area contributed by atoms with Crippen LogP contribution in [-0.4, -0.2) is 24.2 Å². The number of hydrogen-bond acceptors (Lipinski definition) is 3. The molecule has 0 aromatic heterocycles. The molecule has 1 aromatic rings. The summed E-state index contributed by atoms with van der Waals surface area (Å²) in [6.45, 7) is 0.653. The summed E-state index contributed by atoms with van der Waals surface area (Å²) in [4.78, 5) is 12.5. The van der Waals surface area contributed by atoms with Gasteiger partial charge in [0.05, 0.1) is 22.7 Å². The van der Waals surface area contributed by atoms with Gasteiger partial charge in [-0.1, -0.05) is 0 Å². The molecule has 7 heteroatoms. The molecule has 1 N–H and O–H groups in total. The van der Waals surface area contributed by atoms with Crippen molar-refractivity contribution >= 4 is 11.7 Å². The van der Waals surface area contributed by atoms with Crippen LogP contribution in [0.25, 0.3) is 0 Å². The number of hydrogen-bond donors (Lipinski definition) is 1. The number of carboxylic acid groups (broad SMARTS) is 1. The van der Waals surface area contributed by atoms with Crippen molar-refractivity contribution in [2.45, 2.75) is 19.0 Å². The molecular formula is C14H13F3N2O2. The molecule has 1 saturated heterocycles. The van der Waals surface area contributed by atoms with Crippen molar-refractivity contribution in [1.82, 2.24) is 0 Å². The van der Waals surface area contributed by atoms with E-state index in [1.165, 1.54) is 0 Å². The molecule has 0 spiro atoms. The number of nitriles is 1. The third kappa shape index (κ3) is 3.27. The highest BCUT2D eigenvalue weighted by molar-refractivity contribution is 5.71. The van der Waals surface area contributed by atoms with Crippen molar-refractivity contribution in [3.63, 3.8) is 0 Å². The van der Waals surface area contributed by atoms with Crippen molar-refractivity contribution in [3.05, 3.63) is 29.3 Å². The van der Waals surface area contributed by atoms with Crippen LogP contribution in [0.3, 0.4) is 0 Å². The van der Waals surface area contributed by atoms with Crippen LogP contribution in [0.5, 0.6) is 0 Å². The van der Waals surface area contributed by atoms with Gasteiger partial charge in [-0.25, -0.2) is 0 Å². The van der Waals surface area contributed by atoms with E-state index in [2.05, 4.69) is 0 Å². The number of carbonyl (C=O) groups is 1. The maximum Gasteiger partial charge on any atom is 0.416 e. The van der Waals surface area contributed by atoms with E-state index in [9.17, 15) is 18.0 Å². The first-order valence-electron chi connectivity index (χ1n) is 6.42. The fraction of sp³-hybridized carbons (Fsp3) is 0.429. The van der Waals surface area contributed by atoms with Gasteiger partial charge in [-0.15, -0.1) is 0 Å². The van der Waals surface area contributed by atoms with Crippen LogP contribution < -0.4 is 4.90 Å². The minimum Gasteiger partial charge on any atom is -0.481 e. The average molecular weight is 298 g/mol. The Hall–Kier alpha value is -2.23. The second-order valence-electron chi connectivity index (χ2n) is 4.94. The number of nitrogens with zero attached hydrogens (tertiary/aromatic N) is 2. The highest BCUT2D eigenvalue weighted by Crippen LogP contribution is 2.34. The Morgan fingerprint density at radius 3 is 2.43 bits per heavy atom. The predicted molar refractivity (Wildman–Crippen MR) is 68.7 cm³/mol. The zero-order valence-electron chi connectivity index (χ0n) is 11.0. The number of aliphatic carboxylic acids is 1. The molecule has 2 rings (SSSR count). The Bertz CT molecular complexity index is 585. The first-order valence-corrected chi connectivity index (χ1v) is 6.42.